The molecule has 5 N–H and O–H groups in total. The predicted molar refractivity (Wildman–Crippen MR) is 87.6 cm³/mol. The van der Waals surface area contributed by atoms with Crippen molar-refractivity contribution in [2.24, 2.45) is 5.41 Å². The summed E-state index contributed by atoms with van der Waals surface area (Å²) in [7, 11) is 0. The molecule has 3 heterocycles. The molecule has 10 heteroatoms. The van der Waals surface area contributed by atoms with Crippen LogP contribution in [0.4, 0.5) is 5.82 Å². The van der Waals surface area contributed by atoms with Crippen molar-refractivity contribution in [1.29, 1.82) is 5.26 Å². The molecule has 2 aromatic heterocycles. The van der Waals surface area contributed by atoms with E-state index < -0.39 is 35.3 Å². The molecule has 3 rings (SSSR count). The minimum atomic E-state index is -1.92. The third kappa shape index (κ3) is 2.48. The molecule has 1 aliphatic heterocycles. The van der Waals surface area contributed by atoms with Crippen molar-refractivity contribution in [3.63, 3.8) is 0 Å². The standard InChI is InChI=1S/C16H19N5O5/c1-15(2,14(24)25)5-9-11(22)12(23)16(6-17,26-9)10-4-3-8-13(18)19-7-20-21(8)10/h3-4,7,9,11-12,22-23H,5H2,1-2H3,(H,24,25)(H2,18,19,20)/t9-,11-,12-,16+/m1/s1. The van der Waals surface area contributed by atoms with Gasteiger partial charge in [0.1, 0.15) is 30.1 Å². The Labute approximate surface area is 148 Å². The van der Waals surface area contributed by atoms with Gasteiger partial charge in [-0.1, -0.05) is 0 Å². The molecule has 1 fully saturated rings. The molecule has 0 amide bonds. The lowest BCUT2D eigenvalue weighted by atomic mass is 9.84. The number of ether oxygens (including phenoxy) is 1. The van der Waals surface area contributed by atoms with E-state index in [1.165, 1.54) is 30.8 Å². The minimum Gasteiger partial charge on any atom is -0.481 e. The summed E-state index contributed by atoms with van der Waals surface area (Å²) in [6, 6.07) is 4.99. The lowest BCUT2D eigenvalue weighted by Crippen LogP contribution is -2.41. The summed E-state index contributed by atoms with van der Waals surface area (Å²) >= 11 is 0. The number of anilines is 1. The van der Waals surface area contributed by atoms with Gasteiger partial charge in [0.05, 0.1) is 17.2 Å². The number of nitriles is 1. The maximum absolute atomic E-state index is 11.4. The monoisotopic (exact) mass is 361 g/mol. The lowest BCUT2D eigenvalue weighted by Gasteiger charge is -2.26. The van der Waals surface area contributed by atoms with Crippen molar-refractivity contribution < 1.29 is 24.9 Å². The number of hydrogen-bond acceptors (Lipinski definition) is 8. The van der Waals surface area contributed by atoms with Crippen LogP contribution in [-0.2, 0) is 15.1 Å². The Morgan fingerprint density at radius 2 is 2.19 bits per heavy atom. The first kappa shape index (κ1) is 18.1. The van der Waals surface area contributed by atoms with E-state index in [4.69, 9.17) is 10.5 Å². The normalized spacial score (nSPS) is 29.0. The summed E-state index contributed by atoms with van der Waals surface area (Å²) in [6.45, 7) is 2.95. The first-order chi connectivity index (χ1) is 12.1. The van der Waals surface area contributed by atoms with Gasteiger partial charge in [-0.3, -0.25) is 4.79 Å². The van der Waals surface area contributed by atoms with Gasteiger partial charge in [-0.05, 0) is 32.4 Å². The number of hydrogen-bond donors (Lipinski definition) is 4. The predicted octanol–water partition coefficient (Wildman–Crippen LogP) is -0.348. The number of carbonyl (C=O) groups is 1. The Balaban J connectivity index is 2.05. The zero-order valence-corrected chi connectivity index (χ0v) is 14.2. The van der Waals surface area contributed by atoms with Crippen LogP contribution in [0.15, 0.2) is 18.5 Å². The van der Waals surface area contributed by atoms with Gasteiger partial charge in [-0.25, -0.2) is 9.50 Å². The Morgan fingerprint density at radius 1 is 1.50 bits per heavy atom. The van der Waals surface area contributed by atoms with Crippen LogP contribution in [0.1, 0.15) is 26.0 Å². The average Bonchev–Trinajstić information content (AvgIpc) is 3.11. The number of nitrogens with zero attached hydrogens (tertiary/aromatic N) is 4. The van der Waals surface area contributed by atoms with Gasteiger partial charge in [-0.2, -0.15) is 10.4 Å². The molecule has 0 bridgehead atoms. The molecule has 1 saturated heterocycles. The van der Waals surface area contributed by atoms with Crippen LogP contribution in [0.2, 0.25) is 0 Å². The molecular formula is C16H19N5O5. The lowest BCUT2D eigenvalue weighted by molar-refractivity contribution is -0.150. The first-order valence-electron chi connectivity index (χ1n) is 7.91. The summed E-state index contributed by atoms with van der Waals surface area (Å²) in [5, 5.41) is 44.1. The van der Waals surface area contributed by atoms with Crippen LogP contribution in [0, 0.1) is 16.7 Å². The van der Waals surface area contributed by atoms with Gasteiger partial charge in [0, 0.05) is 0 Å². The minimum absolute atomic E-state index is 0.0928. The topological polar surface area (TPSA) is 167 Å². The van der Waals surface area contributed by atoms with Crippen LogP contribution in [-0.4, -0.2) is 54.2 Å². The van der Waals surface area contributed by atoms with E-state index in [1.54, 1.807) is 6.07 Å². The van der Waals surface area contributed by atoms with Gasteiger partial charge >= 0.3 is 5.97 Å². The van der Waals surface area contributed by atoms with Crippen LogP contribution in [0.5, 0.6) is 0 Å². The molecule has 0 unspecified atom stereocenters. The second-order valence-electron chi connectivity index (χ2n) is 6.99. The highest BCUT2D eigenvalue weighted by Gasteiger charge is 2.58. The van der Waals surface area contributed by atoms with Crippen molar-refractivity contribution in [2.75, 3.05) is 5.73 Å². The molecule has 26 heavy (non-hydrogen) atoms. The number of nitrogens with two attached hydrogens (primary N) is 1. The molecule has 10 nitrogen and oxygen atoms in total. The summed E-state index contributed by atoms with van der Waals surface area (Å²) in [4.78, 5) is 15.2. The van der Waals surface area contributed by atoms with E-state index >= 15 is 0 Å². The Hall–Kier alpha value is -2.74. The molecule has 2 aromatic rings. The third-order valence-electron chi connectivity index (χ3n) is 4.78. The van der Waals surface area contributed by atoms with Crippen molar-refractivity contribution in [1.82, 2.24) is 14.6 Å². The summed E-state index contributed by atoms with van der Waals surface area (Å²) in [5.41, 5.74) is 3.23. The van der Waals surface area contributed by atoms with Crippen molar-refractivity contribution in [3.8, 4) is 6.07 Å². The van der Waals surface area contributed by atoms with Crippen molar-refractivity contribution >= 4 is 17.3 Å². The fourth-order valence-electron chi connectivity index (χ4n) is 3.17. The quantitative estimate of drug-likeness (QED) is 0.569. The van der Waals surface area contributed by atoms with Crippen LogP contribution < -0.4 is 5.73 Å². The number of carboxylic acids is 1. The average molecular weight is 361 g/mol. The van der Waals surface area contributed by atoms with E-state index in [0.717, 1.165) is 0 Å². The molecule has 0 spiro atoms. The van der Waals surface area contributed by atoms with Gasteiger partial charge < -0.3 is 25.8 Å². The van der Waals surface area contributed by atoms with Crippen LogP contribution in [0.3, 0.4) is 0 Å². The molecule has 0 radical (unpaired) electrons. The number of aliphatic hydroxyl groups is 2. The zero-order chi connectivity index (χ0) is 19.3. The fourth-order valence-corrected chi connectivity index (χ4v) is 3.17. The first-order valence-corrected chi connectivity index (χ1v) is 7.91. The summed E-state index contributed by atoms with van der Waals surface area (Å²) < 4.78 is 7.07. The highest BCUT2D eigenvalue weighted by molar-refractivity contribution is 5.73. The van der Waals surface area contributed by atoms with Gasteiger partial charge in [-0.15, -0.1) is 0 Å². The van der Waals surface area contributed by atoms with Gasteiger partial charge in [0.2, 0.25) is 5.60 Å². The van der Waals surface area contributed by atoms with E-state index in [2.05, 4.69) is 10.1 Å². The number of nitrogen functional groups attached to an aromatic ring is 1. The van der Waals surface area contributed by atoms with Crippen molar-refractivity contribution in [2.45, 2.75) is 44.2 Å². The van der Waals surface area contributed by atoms with Crippen LogP contribution >= 0.6 is 0 Å². The second kappa shape index (κ2) is 5.91. The molecule has 0 aromatic carbocycles. The number of aliphatic carboxylic acids is 1. The largest absolute Gasteiger partial charge is 0.481 e. The van der Waals surface area contributed by atoms with Gasteiger partial charge in [0.25, 0.3) is 0 Å². The number of aliphatic hydroxyl groups excluding tert-OH is 2. The molecule has 0 aliphatic carbocycles. The zero-order valence-electron chi connectivity index (χ0n) is 14.2. The Bertz CT molecular complexity index is 904. The highest BCUT2D eigenvalue weighted by atomic mass is 16.6. The summed E-state index contributed by atoms with van der Waals surface area (Å²) in [6.07, 6.45) is -3.00. The number of fused-ring (bicyclic) bond motifs is 1. The number of carboxylic acid groups (broad SMARTS) is 1. The van der Waals surface area contributed by atoms with E-state index in [1.807, 2.05) is 6.07 Å². The molecule has 0 saturated carbocycles. The number of rotatable bonds is 4. The second-order valence-corrected chi connectivity index (χ2v) is 6.99. The Morgan fingerprint density at radius 3 is 2.81 bits per heavy atom. The fraction of sp³-hybridized carbons (Fsp3) is 0.500. The maximum atomic E-state index is 11.4. The highest BCUT2D eigenvalue weighted by Crippen LogP contribution is 2.43. The molecule has 1 aliphatic rings. The number of aromatic nitrogens is 3. The Kier molecular flexibility index (Phi) is 4.11. The van der Waals surface area contributed by atoms with Crippen LogP contribution in [0.25, 0.3) is 5.52 Å². The summed E-state index contributed by atoms with van der Waals surface area (Å²) in [5.74, 6) is -0.901. The molecule has 138 valence electrons. The van der Waals surface area contributed by atoms with E-state index in [0.29, 0.717) is 5.52 Å². The third-order valence-corrected chi connectivity index (χ3v) is 4.78. The van der Waals surface area contributed by atoms with E-state index in [-0.39, 0.29) is 17.9 Å². The van der Waals surface area contributed by atoms with E-state index in [9.17, 15) is 25.4 Å². The SMILES string of the molecule is CC(C)(C[C@H]1O[C@@](C#N)(c2ccc3c(N)ncnn23)[C@H](O)[C@@H]1O)C(=O)O. The van der Waals surface area contributed by atoms with Gasteiger partial charge in [0.15, 0.2) is 5.82 Å². The maximum Gasteiger partial charge on any atom is 0.309 e. The molecule has 4 atom stereocenters. The smallest absolute Gasteiger partial charge is 0.309 e. The van der Waals surface area contributed by atoms with Crippen molar-refractivity contribution in [3.05, 3.63) is 24.2 Å². The molecular weight excluding hydrogens is 342 g/mol.